The minimum atomic E-state index is -0.453. The van der Waals surface area contributed by atoms with Crippen molar-refractivity contribution in [2.75, 3.05) is 6.61 Å². The largest absolute Gasteiger partial charge is 0.374 e. The Balaban J connectivity index is 1.31. The highest BCUT2D eigenvalue weighted by molar-refractivity contribution is 7.99. The van der Waals surface area contributed by atoms with Crippen LogP contribution in [-0.2, 0) is 50.1 Å². The van der Waals surface area contributed by atoms with E-state index in [0.717, 1.165) is 27.1 Å². The van der Waals surface area contributed by atoms with Crippen LogP contribution >= 0.6 is 11.8 Å². The summed E-state index contributed by atoms with van der Waals surface area (Å²) in [4.78, 5) is 1.10. The SMILES string of the molecule is Cc1ccc(S[C@@H]2O[C@H](COCc3ccccc3)[C@H](OCc3ccccc3)[C@H](OCc3ccccc3)[C@H]2OCc2ccccc2)cc1. The molecule has 6 heteroatoms. The number of aryl methyl sites for hydroxylation is 1. The van der Waals surface area contributed by atoms with Crippen molar-refractivity contribution in [1.29, 1.82) is 0 Å². The molecule has 1 aliphatic heterocycles. The summed E-state index contributed by atoms with van der Waals surface area (Å²) in [6.07, 6.45) is -1.73. The molecule has 0 bridgehead atoms. The van der Waals surface area contributed by atoms with E-state index in [9.17, 15) is 0 Å². The first kappa shape index (κ1) is 33.2. The predicted octanol–water partition coefficient (Wildman–Crippen LogP) is 8.79. The number of hydrogen-bond donors (Lipinski definition) is 0. The third-order valence-corrected chi connectivity index (χ3v) is 9.27. The highest BCUT2D eigenvalue weighted by Gasteiger charge is 2.49. The fourth-order valence-electron chi connectivity index (χ4n) is 5.59. The van der Waals surface area contributed by atoms with Crippen LogP contribution in [0.5, 0.6) is 0 Å². The summed E-state index contributed by atoms with van der Waals surface area (Å²) in [5.41, 5.74) is 5.20. The Morgan fingerprint density at radius 1 is 0.489 bits per heavy atom. The van der Waals surface area contributed by atoms with Crippen molar-refractivity contribution in [2.45, 2.75) is 68.1 Å². The molecule has 242 valence electrons. The quantitative estimate of drug-likeness (QED) is 0.113. The molecule has 0 aromatic heterocycles. The predicted molar refractivity (Wildman–Crippen MR) is 187 cm³/mol. The molecule has 1 saturated heterocycles. The van der Waals surface area contributed by atoms with Gasteiger partial charge in [0.25, 0.3) is 0 Å². The summed E-state index contributed by atoms with van der Waals surface area (Å²) >= 11 is 1.65. The van der Waals surface area contributed by atoms with Crippen LogP contribution in [0.3, 0.4) is 0 Å². The molecule has 5 aromatic carbocycles. The van der Waals surface area contributed by atoms with Gasteiger partial charge in [0.15, 0.2) is 0 Å². The van der Waals surface area contributed by atoms with E-state index in [1.54, 1.807) is 11.8 Å². The molecule has 5 atom stereocenters. The number of thioether (sulfide) groups is 1. The van der Waals surface area contributed by atoms with Crippen LogP contribution in [0.2, 0.25) is 0 Å². The maximum Gasteiger partial charge on any atom is 0.137 e. The van der Waals surface area contributed by atoms with Gasteiger partial charge >= 0.3 is 0 Å². The molecule has 5 aromatic rings. The summed E-state index contributed by atoms with van der Waals surface area (Å²) in [7, 11) is 0. The Kier molecular flexibility index (Phi) is 12.3. The first-order chi connectivity index (χ1) is 23.2. The molecular weight excluding hydrogens is 605 g/mol. The van der Waals surface area contributed by atoms with E-state index in [-0.39, 0.29) is 5.44 Å². The molecule has 0 spiro atoms. The Morgan fingerprint density at radius 2 is 0.915 bits per heavy atom. The second-order valence-electron chi connectivity index (χ2n) is 11.8. The smallest absolute Gasteiger partial charge is 0.137 e. The van der Waals surface area contributed by atoms with Gasteiger partial charge in [-0.15, -0.1) is 0 Å². The maximum absolute atomic E-state index is 6.95. The van der Waals surface area contributed by atoms with Crippen molar-refractivity contribution in [3.05, 3.63) is 173 Å². The van der Waals surface area contributed by atoms with Crippen molar-refractivity contribution in [3.63, 3.8) is 0 Å². The molecule has 47 heavy (non-hydrogen) atoms. The Morgan fingerprint density at radius 3 is 1.40 bits per heavy atom. The van der Waals surface area contributed by atoms with Gasteiger partial charge in [0.05, 0.1) is 33.0 Å². The monoisotopic (exact) mass is 646 g/mol. The second kappa shape index (κ2) is 17.4. The summed E-state index contributed by atoms with van der Waals surface area (Å²) < 4.78 is 33.7. The average molecular weight is 647 g/mol. The lowest BCUT2D eigenvalue weighted by Crippen LogP contribution is -2.60. The summed E-state index contributed by atoms with van der Waals surface area (Å²) in [5.74, 6) is 0. The van der Waals surface area contributed by atoms with Crippen molar-refractivity contribution in [1.82, 2.24) is 0 Å². The molecule has 0 N–H and O–H groups in total. The van der Waals surface area contributed by atoms with Gasteiger partial charge in [-0.1, -0.05) is 151 Å². The van der Waals surface area contributed by atoms with Gasteiger partial charge in [-0.3, -0.25) is 0 Å². The van der Waals surface area contributed by atoms with Crippen LogP contribution in [0.1, 0.15) is 27.8 Å². The third-order valence-electron chi connectivity index (χ3n) is 8.11. The first-order valence-corrected chi connectivity index (χ1v) is 17.1. The van der Waals surface area contributed by atoms with Gasteiger partial charge in [-0.2, -0.15) is 0 Å². The Bertz CT molecular complexity index is 1590. The number of hydrogen-bond acceptors (Lipinski definition) is 6. The fraction of sp³-hybridized carbons (Fsp3) is 0.268. The zero-order chi connectivity index (χ0) is 32.1. The van der Waals surface area contributed by atoms with E-state index >= 15 is 0 Å². The summed E-state index contributed by atoms with van der Waals surface area (Å²) in [5, 5.41) is 0. The van der Waals surface area contributed by atoms with Crippen LogP contribution in [0.15, 0.2) is 150 Å². The van der Waals surface area contributed by atoms with Gasteiger partial charge in [0, 0.05) is 4.90 Å². The van der Waals surface area contributed by atoms with Gasteiger partial charge in [-0.25, -0.2) is 0 Å². The molecule has 0 saturated carbocycles. The second-order valence-corrected chi connectivity index (χ2v) is 12.9. The number of rotatable bonds is 15. The molecule has 0 unspecified atom stereocenters. The van der Waals surface area contributed by atoms with Crippen molar-refractivity contribution in [3.8, 4) is 0 Å². The maximum atomic E-state index is 6.95. The molecule has 0 aliphatic carbocycles. The van der Waals surface area contributed by atoms with Gasteiger partial charge in [0.1, 0.15) is 29.9 Å². The topological polar surface area (TPSA) is 46.2 Å². The highest BCUT2D eigenvalue weighted by Crippen LogP contribution is 2.38. The zero-order valence-electron chi connectivity index (χ0n) is 26.7. The summed E-state index contributed by atoms with van der Waals surface area (Å²) in [6, 6.07) is 49.4. The normalized spacial score (nSPS) is 21.0. The minimum absolute atomic E-state index is 0.343. The van der Waals surface area contributed by atoms with Crippen molar-refractivity contribution < 1.29 is 23.7 Å². The third kappa shape index (κ3) is 9.88. The molecular formula is C41H42O5S. The number of benzene rings is 5. The zero-order valence-corrected chi connectivity index (χ0v) is 27.5. The molecule has 5 nitrogen and oxygen atoms in total. The lowest BCUT2D eigenvalue weighted by Gasteiger charge is -2.46. The lowest BCUT2D eigenvalue weighted by atomic mass is 9.98. The average Bonchev–Trinajstić information content (AvgIpc) is 3.12. The minimum Gasteiger partial charge on any atom is -0.374 e. The fourth-order valence-corrected chi connectivity index (χ4v) is 6.72. The van der Waals surface area contributed by atoms with E-state index in [2.05, 4.69) is 79.7 Å². The molecule has 1 fully saturated rings. The van der Waals surface area contributed by atoms with Crippen LogP contribution in [0, 0.1) is 6.92 Å². The van der Waals surface area contributed by atoms with E-state index in [0.29, 0.717) is 33.0 Å². The van der Waals surface area contributed by atoms with Crippen LogP contribution in [-0.4, -0.2) is 36.5 Å². The van der Waals surface area contributed by atoms with E-state index in [1.165, 1.54) is 5.56 Å². The standard InChI is InChI=1S/C41H42O5S/c1-31-22-24-36(25-23-31)47-41-40(45-29-35-20-12-5-13-21-35)39(44-28-34-18-10-4-11-19-34)38(43-27-33-16-8-3-9-17-33)37(46-41)30-42-26-32-14-6-2-7-15-32/h2-25,37-41H,26-30H2,1H3/t37-,38+,39+,40-,41+/m1/s1. The molecule has 0 amide bonds. The van der Waals surface area contributed by atoms with Crippen molar-refractivity contribution >= 4 is 11.8 Å². The van der Waals surface area contributed by atoms with E-state index in [4.69, 9.17) is 23.7 Å². The molecule has 1 heterocycles. The van der Waals surface area contributed by atoms with Crippen LogP contribution < -0.4 is 0 Å². The van der Waals surface area contributed by atoms with Crippen molar-refractivity contribution in [2.24, 2.45) is 0 Å². The lowest BCUT2D eigenvalue weighted by molar-refractivity contribution is -0.254. The Hall–Kier alpha value is -3.75. The summed E-state index contributed by atoms with van der Waals surface area (Å²) in [6.45, 7) is 4.17. The Labute approximate surface area is 282 Å². The van der Waals surface area contributed by atoms with E-state index in [1.807, 2.05) is 72.8 Å². The highest BCUT2D eigenvalue weighted by atomic mass is 32.2. The van der Waals surface area contributed by atoms with Gasteiger partial charge in [-0.05, 0) is 41.3 Å². The number of ether oxygens (including phenoxy) is 5. The molecule has 1 aliphatic rings. The van der Waals surface area contributed by atoms with E-state index < -0.39 is 24.4 Å². The molecule has 0 radical (unpaired) electrons. The van der Waals surface area contributed by atoms with Gasteiger partial charge in [0.2, 0.25) is 0 Å². The van der Waals surface area contributed by atoms with Crippen LogP contribution in [0.4, 0.5) is 0 Å². The van der Waals surface area contributed by atoms with Crippen LogP contribution in [0.25, 0.3) is 0 Å². The first-order valence-electron chi connectivity index (χ1n) is 16.2. The molecule has 6 rings (SSSR count). The van der Waals surface area contributed by atoms with Gasteiger partial charge < -0.3 is 23.7 Å².